The number of carbonyl (C=O) groups excluding carboxylic acids is 2. The first-order valence-electron chi connectivity index (χ1n) is 8.96. The van der Waals surface area contributed by atoms with Crippen molar-refractivity contribution in [1.29, 1.82) is 0 Å². The molecular weight excluding hydrogens is 442 g/mol. The van der Waals surface area contributed by atoms with Crippen LogP contribution in [0.3, 0.4) is 0 Å². The molecule has 0 saturated heterocycles. The normalized spacial score (nSPS) is 11.4. The summed E-state index contributed by atoms with van der Waals surface area (Å²) in [6.45, 7) is -0.585. The molecule has 0 radical (unpaired) electrons. The van der Waals surface area contributed by atoms with Crippen molar-refractivity contribution in [3.8, 4) is 0 Å². The average Bonchev–Trinajstić information content (AvgIpc) is 3.42. The minimum absolute atomic E-state index is 0.126. The van der Waals surface area contributed by atoms with Crippen molar-refractivity contribution in [3.05, 3.63) is 72.2 Å². The lowest BCUT2D eigenvalue weighted by molar-refractivity contribution is -0.119. The van der Waals surface area contributed by atoms with Gasteiger partial charge in [-0.1, -0.05) is 24.3 Å². The van der Waals surface area contributed by atoms with E-state index in [4.69, 9.17) is 9.15 Å². The lowest BCUT2D eigenvalue weighted by Gasteiger charge is -2.07. The number of fused-ring (bicyclic) bond motifs is 1. The number of nitrogens with one attached hydrogen (secondary N) is 1. The van der Waals surface area contributed by atoms with Gasteiger partial charge in [0.25, 0.3) is 5.91 Å². The van der Waals surface area contributed by atoms with Gasteiger partial charge in [-0.05, 0) is 30.3 Å². The molecule has 4 aromatic rings. The van der Waals surface area contributed by atoms with E-state index in [0.717, 1.165) is 11.7 Å². The summed E-state index contributed by atoms with van der Waals surface area (Å²) in [4.78, 5) is 24.7. The Bertz CT molecular complexity index is 1350. The molecule has 0 aliphatic carbocycles. The zero-order chi connectivity index (χ0) is 21.8. The Kier molecular flexibility index (Phi) is 5.78. The summed E-state index contributed by atoms with van der Waals surface area (Å²) in [6, 6.07) is 14.4. The van der Waals surface area contributed by atoms with E-state index < -0.39 is 34.1 Å². The monoisotopic (exact) mass is 457 g/mol. The van der Waals surface area contributed by atoms with E-state index in [-0.39, 0.29) is 16.2 Å². The molecule has 9 nitrogen and oxygen atoms in total. The largest absolute Gasteiger partial charge is 0.457 e. The van der Waals surface area contributed by atoms with Gasteiger partial charge in [-0.2, -0.15) is 8.75 Å². The van der Waals surface area contributed by atoms with Crippen LogP contribution in [0.5, 0.6) is 0 Å². The van der Waals surface area contributed by atoms with Gasteiger partial charge in [0.05, 0.1) is 34.3 Å². The molecule has 0 saturated carbocycles. The molecule has 0 aliphatic rings. The highest BCUT2D eigenvalue weighted by molar-refractivity contribution is 7.90. The number of carbonyl (C=O) groups is 2. The van der Waals surface area contributed by atoms with E-state index in [1.165, 1.54) is 24.5 Å². The number of hydrogen-bond acceptors (Lipinski definition) is 9. The maximum absolute atomic E-state index is 12.6. The van der Waals surface area contributed by atoms with Crippen LogP contribution in [0.15, 0.2) is 70.2 Å². The first-order valence-corrected chi connectivity index (χ1v) is 11.3. The minimum Gasteiger partial charge on any atom is -0.457 e. The van der Waals surface area contributed by atoms with Crippen molar-refractivity contribution < 1.29 is 27.2 Å². The molecule has 2 heterocycles. The zero-order valence-corrected chi connectivity index (χ0v) is 17.5. The number of sulfone groups is 1. The SMILES string of the molecule is O=C(COC(=O)c1occc1CS(=O)(=O)c1ccccc1)Nc1cccc2nsnc12. The molecule has 1 amide bonds. The van der Waals surface area contributed by atoms with Crippen molar-refractivity contribution in [2.75, 3.05) is 11.9 Å². The first kappa shape index (κ1) is 20.7. The number of hydrogen-bond donors (Lipinski definition) is 1. The van der Waals surface area contributed by atoms with Crippen LogP contribution in [0.2, 0.25) is 0 Å². The van der Waals surface area contributed by atoms with Crippen LogP contribution in [-0.4, -0.2) is 35.6 Å². The molecule has 11 heteroatoms. The van der Waals surface area contributed by atoms with Crippen molar-refractivity contribution in [2.45, 2.75) is 10.6 Å². The molecule has 4 rings (SSSR count). The van der Waals surface area contributed by atoms with Crippen molar-refractivity contribution in [2.24, 2.45) is 0 Å². The molecular formula is C20H15N3O6S2. The number of benzene rings is 2. The topological polar surface area (TPSA) is 128 Å². The van der Waals surface area contributed by atoms with Crippen LogP contribution in [0.4, 0.5) is 5.69 Å². The van der Waals surface area contributed by atoms with Crippen LogP contribution >= 0.6 is 11.7 Å². The maximum Gasteiger partial charge on any atom is 0.375 e. The summed E-state index contributed by atoms with van der Waals surface area (Å²) >= 11 is 1.02. The summed E-state index contributed by atoms with van der Waals surface area (Å²) in [7, 11) is -3.69. The first-order chi connectivity index (χ1) is 14.9. The highest BCUT2D eigenvalue weighted by Gasteiger charge is 2.24. The summed E-state index contributed by atoms with van der Waals surface area (Å²) in [6.07, 6.45) is 1.20. The van der Waals surface area contributed by atoms with Gasteiger partial charge in [0.1, 0.15) is 11.0 Å². The Morgan fingerprint density at radius 2 is 1.84 bits per heavy atom. The van der Waals surface area contributed by atoms with Crippen LogP contribution in [0.1, 0.15) is 16.1 Å². The minimum atomic E-state index is -3.69. The third kappa shape index (κ3) is 4.62. The molecule has 0 unspecified atom stereocenters. The summed E-state index contributed by atoms with van der Waals surface area (Å²) < 4.78 is 43.4. The fraction of sp³-hybridized carbons (Fsp3) is 0.100. The number of ether oxygens (including phenoxy) is 1. The number of amides is 1. The number of esters is 1. The second-order valence-corrected chi connectivity index (χ2v) is 8.93. The van der Waals surface area contributed by atoms with E-state index in [1.807, 2.05) is 0 Å². The lowest BCUT2D eigenvalue weighted by Crippen LogP contribution is -2.21. The van der Waals surface area contributed by atoms with E-state index in [9.17, 15) is 18.0 Å². The van der Waals surface area contributed by atoms with Gasteiger partial charge in [-0.15, -0.1) is 0 Å². The summed E-state index contributed by atoms with van der Waals surface area (Å²) in [5.74, 6) is -2.23. The predicted octanol–water partition coefficient (Wildman–Crippen LogP) is 3.05. The second-order valence-electron chi connectivity index (χ2n) is 6.41. The van der Waals surface area contributed by atoms with Gasteiger partial charge in [-0.25, -0.2) is 13.2 Å². The van der Waals surface area contributed by atoms with Gasteiger partial charge in [0, 0.05) is 5.56 Å². The number of furan rings is 1. The Labute approximate surface area is 180 Å². The van der Waals surface area contributed by atoms with Crippen molar-refractivity contribution >= 4 is 50.2 Å². The van der Waals surface area contributed by atoms with E-state index in [2.05, 4.69) is 14.1 Å². The third-order valence-electron chi connectivity index (χ3n) is 4.27. The van der Waals surface area contributed by atoms with Crippen molar-refractivity contribution in [1.82, 2.24) is 8.75 Å². The summed E-state index contributed by atoms with van der Waals surface area (Å²) in [5.41, 5.74) is 1.76. The predicted molar refractivity (Wildman–Crippen MR) is 112 cm³/mol. The van der Waals surface area contributed by atoms with Gasteiger partial charge in [0.15, 0.2) is 16.4 Å². The van der Waals surface area contributed by atoms with Gasteiger partial charge in [0.2, 0.25) is 5.76 Å². The van der Waals surface area contributed by atoms with Gasteiger partial charge < -0.3 is 14.5 Å². The molecule has 31 heavy (non-hydrogen) atoms. The van der Waals surface area contributed by atoms with E-state index >= 15 is 0 Å². The van der Waals surface area contributed by atoms with Gasteiger partial charge in [-0.3, -0.25) is 4.79 Å². The molecule has 0 atom stereocenters. The van der Waals surface area contributed by atoms with Crippen LogP contribution in [-0.2, 0) is 25.1 Å². The fourth-order valence-electron chi connectivity index (χ4n) is 2.83. The van der Waals surface area contributed by atoms with Gasteiger partial charge >= 0.3 is 5.97 Å². The second kappa shape index (κ2) is 8.66. The van der Waals surface area contributed by atoms with Crippen molar-refractivity contribution in [3.63, 3.8) is 0 Å². The molecule has 2 aromatic carbocycles. The smallest absolute Gasteiger partial charge is 0.375 e. The summed E-state index contributed by atoms with van der Waals surface area (Å²) in [5, 5.41) is 2.61. The quantitative estimate of drug-likeness (QED) is 0.419. The van der Waals surface area contributed by atoms with Crippen LogP contribution in [0, 0.1) is 0 Å². The number of nitrogens with zero attached hydrogens (tertiary/aromatic N) is 2. The molecule has 0 aliphatic heterocycles. The Morgan fingerprint density at radius 3 is 2.65 bits per heavy atom. The maximum atomic E-state index is 12.6. The fourth-order valence-corrected chi connectivity index (χ4v) is 4.76. The molecule has 2 aromatic heterocycles. The Balaban J connectivity index is 1.40. The lowest BCUT2D eigenvalue weighted by atomic mass is 10.2. The Hall–Kier alpha value is -3.57. The number of anilines is 1. The van der Waals surface area contributed by atoms with E-state index in [1.54, 1.807) is 36.4 Å². The number of aromatic nitrogens is 2. The Morgan fingerprint density at radius 1 is 1.03 bits per heavy atom. The highest BCUT2D eigenvalue weighted by Crippen LogP contribution is 2.22. The highest BCUT2D eigenvalue weighted by atomic mass is 32.2. The van der Waals surface area contributed by atoms with Crippen LogP contribution < -0.4 is 5.32 Å². The molecule has 0 fully saturated rings. The zero-order valence-electron chi connectivity index (χ0n) is 15.8. The van der Waals surface area contributed by atoms with Crippen LogP contribution in [0.25, 0.3) is 11.0 Å². The standard InChI is InChI=1S/C20H15N3O6S2/c24-17(21-15-7-4-8-16-18(15)23-30-22-16)11-29-20(25)19-13(9-10-28-19)12-31(26,27)14-5-2-1-3-6-14/h1-10H,11-12H2,(H,21,24). The molecule has 0 spiro atoms. The van der Waals surface area contributed by atoms with E-state index in [0.29, 0.717) is 16.7 Å². The molecule has 0 bridgehead atoms. The molecule has 158 valence electrons. The molecule has 1 N–H and O–H groups in total. The average molecular weight is 457 g/mol. The number of rotatable bonds is 7. The third-order valence-corrected chi connectivity index (χ3v) is 6.50.